The Balaban J connectivity index is 0.00000392. The van der Waals surface area contributed by atoms with Crippen LogP contribution < -0.4 is 20.5 Å². The summed E-state index contributed by atoms with van der Waals surface area (Å²) in [6.07, 6.45) is 2.08. The molecule has 0 aromatic heterocycles. The lowest BCUT2D eigenvalue weighted by Crippen LogP contribution is -2.35. The van der Waals surface area contributed by atoms with Gasteiger partial charge in [-0.05, 0) is 29.7 Å². The van der Waals surface area contributed by atoms with Crippen LogP contribution >= 0.6 is 12.4 Å². The number of hydrogen-bond acceptors (Lipinski definition) is 4. The summed E-state index contributed by atoms with van der Waals surface area (Å²) in [7, 11) is 1.62. The number of rotatable bonds is 10. The van der Waals surface area contributed by atoms with Crippen molar-refractivity contribution in [2.75, 3.05) is 13.7 Å². The molecule has 2 rings (SSSR count). The first-order valence-electron chi connectivity index (χ1n) is 9.44. The molecule has 0 spiro atoms. The van der Waals surface area contributed by atoms with Crippen molar-refractivity contribution in [1.29, 1.82) is 0 Å². The molecule has 2 aromatic rings. The molecule has 0 heterocycles. The maximum Gasteiger partial charge on any atom is 0.225 e. The molecule has 2 unspecified atom stereocenters. The van der Waals surface area contributed by atoms with Crippen LogP contribution in [0.15, 0.2) is 48.5 Å². The summed E-state index contributed by atoms with van der Waals surface area (Å²) in [6.45, 7) is 5.05. The molecule has 0 bridgehead atoms. The molecule has 1 amide bonds. The van der Waals surface area contributed by atoms with E-state index in [1.807, 2.05) is 55.5 Å². The van der Waals surface area contributed by atoms with Gasteiger partial charge >= 0.3 is 0 Å². The zero-order valence-corrected chi connectivity index (χ0v) is 17.6. The lowest BCUT2D eigenvalue weighted by Gasteiger charge is -2.20. The summed E-state index contributed by atoms with van der Waals surface area (Å²) < 4.78 is 11.1. The van der Waals surface area contributed by atoms with E-state index in [0.717, 1.165) is 29.7 Å². The van der Waals surface area contributed by atoms with E-state index in [0.29, 0.717) is 18.9 Å². The first-order chi connectivity index (χ1) is 13.1. The minimum absolute atomic E-state index is 0. The molecule has 0 saturated heterocycles. The Morgan fingerprint density at radius 3 is 2.50 bits per heavy atom. The van der Waals surface area contributed by atoms with Gasteiger partial charge in [-0.1, -0.05) is 56.7 Å². The van der Waals surface area contributed by atoms with Crippen LogP contribution in [0.3, 0.4) is 0 Å². The standard InChI is InChI=1S/C22H30N2O3.ClH/c1-4-5-13-27-19-12-11-17(14-20(19)26-3)15-24-22(25)16(2)21(23)18-9-7-6-8-10-18;/h6-12,14,16,21H,4-5,13,15,23H2,1-3H3,(H,24,25);1H. The van der Waals surface area contributed by atoms with Crippen LogP contribution in [0.2, 0.25) is 0 Å². The van der Waals surface area contributed by atoms with Gasteiger partial charge in [0.2, 0.25) is 5.91 Å². The van der Waals surface area contributed by atoms with Crippen molar-refractivity contribution >= 4 is 18.3 Å². The molecule has 5 nitrogen and oxygen atoms in total. The average molecular weight is 407 g/mol. The molecule has 0 aliphatic rings. The van der Waals surface area contributed by atoms with Gasteiger partial charge in [0.15, 0.2) is 11.5 Å². The maximum atomic E-state index is 12.5. The van der Waals surface area contributed by atoms with Gasteiger partial charge in [0.05, 0.1) is 19.6 Å². The first-order valence-corrected chi connectivity index (χ1v) is 9.44. The van der Waals surface area contributed by atoms with Crippen molar-refractivity contribution in [3.8, 4) is 11.5 Å². The smallest absolute Gasteiger partial charge is 0.225 e. The molecule has 0 aliphatic carbocycles. The third kappa shape index (κ3) is 6.73. The SMILES string of the molecule is CCCCOc1ccc(CNC(=O)C(C)C(N)c2ccccc2)cc1OC.Cl. The molecule has 0 aliphatic heterocycles. The number of amides is 1. The van der Waals surface area contributed by atoms with E-state index in [1.165, 1.54) is 0 Å². The van der Waals surface area contributed by atoms with Crippen LogP contribution in [0.4, 0.5) is 0 Å². The molecule has 0 saturated carbocycles. The first kappa shape index (κ1) is 23.8. The highest BCUT2D eigenvalue weighted by molar-refractivity contribution is 5.85. The Morgan fingerprint density at radius 2 is 1.86 bits per heavy atom. The average Bonchev–Trinajstić information content (AvgIpc) is 2.72. The van der Waals surface area contributed by atoms with E-state index >= 15 is 0 Å². The van der Waals surface area contributed by atoms with Crippen molar-refractivity contribution in [3.63, 3.8) is 0 Å². The van der Waals surface area contributed by atoms with Gasteiger partial charge in [0.1, 0.15) is 0 Å². The van der Waals surface area contributed by atoms with Crippen LogP contribution in [0.1, 0.15) is 43.9 Å². The van der Waals surface area contributed by atoms with Crippen LogP contribution in [0.5, 0.6) is 11.5 Å². The summed E-state index contributed by atoms with van der Waals surface area (Å²) in [4.78, 5) is 12.5. The largest absolute Gasteiger partial charge is 0.493 e. The summed E-state index contributed by atoms with van der Waals surface area (Å²) in [5.41, 5.74) is 8.14. The van der Waals surface area contributed by atoms with E-state index in [-0.39, 0.29) is 30.3 Å². The maximum absolute atomic E-state index is 12.5. The summed E-state index contributed by atoms with van der Waals surface area (Å²) in [6, 6.07) is 15.0. The summed E-state index contributed by atoms with van der Waals surface area (Å²) in [5, 5.41) is 2.96. The number of nitrogens with two attached hydrogens (primary N) is 1. The highest BCUT2D eigenvalue weighted by Gasteiger charge is 2.21. The minimum Gasteiger partial charge on any atom is -0.493 e. The number of carbonyl (C=O) groups excluding carboxylic acids is 1. The number of unbranched alkanes of at least 4 members (excludes halogenated alkanes) is 1. The topological polar surface area (TPSA) is 73.6 Å². The fourth-order valence-electron chi connectivity index (χ4n) is 2.74. The second-order valence-corrected chi connectivity index (χ2v) is 6.63. The number of benzene rings is 2. The number of ether oxygens (including phenoxy) is 2. The monoisotopic (exact) mass is 406 g/mol. The van der Waals surface area contributed by atoms with Crippen molar-refractivity contribution in [1.82, 2.24) is 5.32 Å². The van der Waals surface area contributed by atoms with Gasteiger partial charge in [-0.25, -0.2) is 0 Å². The Morgan fingerprint density at radius 1 is 1.14 bits per heavy atom. The Hall–Kier alpha value is -2.24. The zero-order valence-electron chi connectivity index (χ0n) is 16.8. The van der Waals surface area contributed by atoms with Crippen LogP contribution in [-0.2, 0) is 11.3 Å². The fourth-order valence-corrected chi connectivity index (χ4v) is 2.74. The summed E-state index contributed by atoms with van der Waals surface area (Å²) >= 11 is 0. The second kappa shape index (κ2) is 12.3. The number of nitrogens with one attached hydrogen (secondary N) is 1. The lowest BCUT2D eigenvalue weighted by atomic mass is 9.94. The van der Waals surface area contributed by atoms with E-state index in [1.54, 1.807) is 7.11 Å². The van der Waals surface area contributed by atoms with Crippen LogP contribution in [0.25, 0.3) is 0 Å². The number of hydrogen-bond donors (Lipinski definition) is 2. The minimum atomic E-state index is -0.338. The van der Waals surface area contributed by atoms with Crippen molar-refractivity contribution in [2.45, 2.75) is 39.3 Å². The molecule has 154 valence electrons. The third-order valence-electron chi connectivity index (χ3n) is 4.59. The highest BCUT2D eigenvalue weighted by Crippen LogP contribution is 2.28. The van der Waals surface area contributed by atoms with Gasteiger partial charge in [-0.3, -0.25) is 4.79 Å². The molecule has 3 N–H and O–H groups in total. The molecular formula is C22H31ClN2O3. The van der Waals surface area contributed by atoms with Crippen molar-refractivity contribution < 1.29 is 14.3 Å². The third-order valence-corrected chi connectivity index (χ3v) is 4.59. The van der Waals surface area contributed by atoms with Gasteiger partial charge in [-0.2, -0.15) is 0 Å². The number of methoxy groups -OCH3 is 1. The normalized spacial score (nSPS) is 12.4. The zero-order chi connectivity index (χ0) is 19.6. The molecule has 28 heavy (non-hydrogen) atoms. The van der Waals surface area contributed by atoms with Gasteiger partial charge < -0.3 is 20.5 Å². The van der Waals surface area contributed by atoms with E-state index in [9.17, 15) is 4.79 Å². The summed E-state index contributed by atoms with van der Waals surface area (Å²) in [5.74, 6) is 0.993. The molecule has 6 heteroatoms. The molecule has 0 fully saturated rings. The van der Waals surface area contributed by atoms with E-state index in [4.69, 9.17) is 15.2 Å². The number of carbonyl (C=O) groups is 1. The van der Waals surface area contributed by atoms with Gasteiger partial charge in [-0.15, -0.1) is 12.4 Å². The van der Waals surface area contributed by atoms with Crippen LogP contribution in [0, 0.1) is 5.92 Å². The van der Waals surface area contributed by atoms with E-state index in [2.05, 4.69) is 12.2 Å². The predicted molar refractivity (Wildman–Crippen MR) is 115 cm³/mol. The van der Waals surface area contributed by atoms with Crippen LogP contribution in [-0.4, -0.2) is 19.6 Å². The predicted octanol–water partition coefficient (Wildman–Crippen LogP) is 4.25. The Bertz CT molecular complexity index is 725. The number of halogens is 1. The Kier molecular flexibility index (Phi) is 10.4. The molecule has 0 radical (unpaired) electrons. The fraction of sp³-hybridized carbons (Fsp3) is 0.409. The Labute approximate surface area is 174 Å². The molecule has 2 atom stereocenters. The highest BCUT2D eigenvalue weighted by atomic mass is 35.5. The quantitative estimate of drug-likeness (QED) is 0.578. The van der Waals surface area contributed by atoms with Crippen molar-refractivity contribution in [2.24, 2.45) is 11.7 Å². The van der Waals surface area contributed by atoms with Gasteiger partial charge in [0, 0.05) is 12.6 Å². The van der Waals surface area contributed by atoms with E-state index < -0.39 is 0 Å². The second-order valence-electron chi connectivity index (χ2n) is 6.63. The molecular weight excluding hydrogens is 376 g/mol. The van der Waals surface area contributed by atoms with Crippen molar-refractivity contribution in [3.05, 3.63) is 59.7 Å². The lowest BCUT2D eigenvalue weighted by molar-refractivity contribution is -0.125. The molecule has 2 aromatic carbocycles. The van der Waals surface area contributed by atoms with Gasteiger partial charge in [0.25, 0.3) is 0 Å².